The Morgan fingerprint density at radius 2 is 1.94 bits per heavy atom. The number of aromatic nitrogens is 3. The molecule has 5 rings (SSSR count). The maximum atomic E-state index is 12.8. The molecule has 0 amide bonds. The molecule has 3 heterocycles. The smallest absolute Gasteiger partial charge is 0.255 e. The second-order valence-electron chi connectivity index (χ2n) is 8.09. The average Bonchev–Trinajstić information content (AvgIpc) is 2.85. The Labute approximate surface area is 196 Å². The largest absolute Gasteiger partial charge is 0.497 e. The zero-order chi connectivity index (χ0) is 22.8. The summed E-state index contributed by atoms with van der Waals surface area (Å²) < 4.78 is 5.30. The fraction of sp³-hybridized carbons (Fsp3) is 0.192. The zero-order valence-corrected chi connectivity index (χ0v) is 19.0. The van der Waals surface area contributed by atoms with E-state index in [1.165, 1.54) is 0 Å². The van der Waals surface area contributed by atoms with Gasteiger partial charge in [0, 0.05) is 48.4 Å². The van der Waals surface area contributed by atoms with E-state index in [0.29, 0.717) is 17.4 Å². The number of ether oxygens (including phenoxy) is 1. The molecule has 0 saturated carbocycles. The third kappa shape index (κ3) is 4.67. The summed E-state index contributed by atoms with van der Waals surface area (Å²) in [4.78, 5) is 27.3. The first-order valence-electron chi connectivity index (χ1n) is 10.8. The van der Waals surface area contributed by atoms with Crippen molar-refractivity contribution in [1.82, 2.24) is 19.9 Å². The number of benzene rings is 2. The Morgan fingerprint density at radius 1 is 1.09 bits per heavy atom. The highest BCUT2D eigenvalue weighted by molar-refractivity contribution is 6.30. The molecular formula is C26H23ClN4O2. The van der Waals surface area contributed by atoms with Crippen LogP contribution in [0.25, 0.3) is 22.6 Å². The quantitative estimate of drug-likeness (QED) is 0.468. The van der Waals surface area contributed by atoms with E-state index in [-0.39, 0.29) is 5.56 Å². The molecule has 0 spiro atoms. The van der Waals surface area contributed by atoms with Gasteiger partial charge >= 0.3 is 0 Å². The fourth-order valence-electron chi connectivity index (χ4n) is 4.09. The maximum Gasteiger partial charge on any atom is 0.255 e. The summed E-state index contributed by atoms with van der Waals surface area (Å²) in [6.45, 7) is 2.13. The summed E-state index contributed by atoms with van der Waals surface area (Å²) in [6.07, 6.45) is 2.63. The van der Waals surface area contributed by atoms with Gasteiger partial charge in [-0.25, -0.2) is 4.98 Å². The molecule has 1 N–H and O–H groups in total. The Morgan fingerprint density at radius 3 is 2.70 bits per heavy atom. The molecular weight excluding hydrogens is 436 g/mol. The summed E-state index contributed by atoms with van der Waals surface area (Å²) in [5, 5.41) is 0.653. The molecule has 1 aliphatic rings. The van der Waals surface area contributed by atoms with Crippen LogP contribution in [0, 0.1) is 0 Å². The van der Waals surface area contributed by atoms with E-state index in [1.807, 2.05) is 48.7 Å². The van der Waals surface area contributed by atoms with Gasteiger partial charge in [-0.05, 0) is 48.0 Å². The summed E-state index contributed by atoms with van der Waals surface area (Å²) in [7, 11) is 1.66. The molecule has 0 fully saturated rings. The summed E-state index contributed by atoms with van der Waals surface area (Å²) in [5.41, 5.74) is 5.39. The zero-order valence-electron chi connectivity index (χ0n) is 18.2. The van der Waals surface area contributed by atoms with Gasteiger partial charge in [0.1, 0.15) is 11.6 Å². The van der Waals surface area contributed by atoms with Gasteiger partial charge in [-0.3, -0.25) is 14.7 Å². The number of hydrogen-bond acceptors (Lipinski definition) is 5. The SMILES string of the molecule is COc1cccc(-c2ccc(CN3CCc4nc(-c5ccc(Cl)cc5)[nH]c(=O)c4C3)cn2)c1. The number of H-pyrrole nitrogens is 1. The van der Waals surface area contributed by atoms with Crippen LogP contribution >= 0.6 is 11.6 Å². The summed E-state index contributed by atoms with van der Waals surface area (Å²) >= 11 is 5.97. The van der Waals surface area contributed by atoms with Crippen LogP contribution in [0.15, 0.2) is 71.7 Å². The van der Waals surface area contributed by atoms with Crippen molar-refractivity contribution in [3.05, 3.63) is 99.1 Å². The predicted molar refractivity (Wildman–Crippen MR) is 129 cm³/mol. The highest BCUT2D eigenvalue weighted by atomic mass is 35.5. The van der Waals surface area contributed by atoms with Gasteiger partial charge in [0.15, 0.2) is 0 Å². The van der Waals surface area contributed by atoms with E-state index in [0.717, 1.165) is 58.9 Å². The third-order valence-electron chi connectivity index (χ3n) is 5.86. The lowest BCUT2D eigenvalue weighted by Crippen LogP contribution is -2.35. The number of pyridine rings is 1. The predicted octanol–water partition coefficient (Wildman–Crippen LogP) is 4.72. The maximum absolute atomic E-state index is 12.8. The van der Waals surface area contributed by atoms with Gasteiger partial charge in [-0.2, -0.15) is 0 Å². The standard InChI is InChI=1S/C26H23ClN4O2/c1-33-21-4-2-3-19(13-21)23-10-5-17(14-28-23)15-31-12-11-24-22(16-31)26(32)30-25(29-24)18-6-8-20(27)9-7-18/h2-10,13-14H,11-12,15-16H2,1H3,(H,29,30,32). The fourth-order valence-corrected chi connectivity index (χ4v) is 4.22. The van der Waals surface area contributed by atoms with Gasteiger partial charge in [-0.1, -0.05) is 29.8 Å². The van der Waals surface area contributed by atoms with Crippen molar-refractivity contribution in [2.45, 2.75) is 19.5 Å². The van der Waals surface area contributed by atoms with Gasteiger partial charge in [0.2, 0.25) is 0 Å². The summed E-state index contributed by atoms with van der Waals surface area (Å²) in [6, 6.07) is 19.3. The minimum absolute atomic E-state index is 0.0823. The Kier molecular flexibility index (Phi) is 5.94. The van der Waals surface area contributed by atoms with Crippen LogP contribution in [0.2, 0.25) is 5.02 Å². The van der Waals surface area contributed by atoms with Gasteiger partial charge < -0.3 is 9.72 Å². The van der Waals surface area contributed by atoms with Crippen LogP contribution in [0.5, 0.6) is 5.75 Å². The number of nitrogens with one attached hydrogen (secondary N) is 1. The molecule has 4 aromatic rings. The highest BCUT2D eigenvalue weighted by Gasteiger charge is 2.21. The lowest BCUT2D eigenvalue weighted by atomic mass is 10.1. The van der Waals surface area contributed by atoms with E-state index in [2.05, 4.69) is 20.9 Å². The average molecular weight is 459 g/mol. The number of halogens is 1. The van der Waals surface area contributed by atoms with Gasteiger partial charge in [-0.15, -0.1) is 0 Å². The van der Waals surface area contributed by atoms with Crippen molar-refractivity contribution >= 4 is 11.6 Å². The number of aromatic amines is 1. The molecule has 2 aromatic heterocycles. The molecule has 0 saturated heterocycles. The van der Waals surface area contributed by atoms with Gasteiger partial charge in [0.25, 0.3) is 5.56 Å². The lowest BCUT2D eigenvalue weighted by Gasteiger charge is -2.27. The summed E-state index contributed by atoms with van der Waals surface area (Å²) in [5.74, 6) is 1.39. The number of hydrogen-bond donors (Lipinski definition) is 1. The Hall–Kier alpha value is -3.48. The molecule has 0 unspecified atom stereocenters. The van der Waals surface area contributed by atoms with E-state index in [1.54, 1.807) is 19.2 Å². The van der Waals surface area contributed by atoms with Crippen molar-refractivity contribution in [2.24, 2.45) is 0 Å². The van der Waals surface area contributed by atoms with Crippen molar-refractivity contribution in [3.8, 4) is 28.4 Å². The molecule has 0 radical (unpaired) electrons. The molecule has 0 atom stereocenters. The first-order chi connectivity index (χ1) is 16.1. The highest BCUT2D eigenvalue weighted by Crippen LogP contribution is 2.24. The topological polar surface area (TPSA) is 71.1 Å². The number of fused-ring (bicyclic) bond motifs is 1. The monoisotopic (exact) mass is 458 g/mol. The van der Waals surface area contributed by atoms with E-state index >= 15 is 0 Å². The molecule has 7 heteroatoms. The third-order valence-corrected chi connectivity index (χ3v) is 6.11. The van der Waals surface area contributed by atoms with Crippen LogP contribution in [0.1, 0.15) is 16.8 Å². The lowest BCUT2D eigenvalue weighted by molar-refractivity contribution is 0.241. The van der Waals surface area contributed by atoms with E-state index < -0.39 is 0 Å². The van der Waals surface area contributed by atoms with Crippen molar-refractivity contribution < 1.29 is 4.74 Å². The second-order valence-corrected chi connectivity index (χ2v) is 8.53. The van der Waals surface area contributed by atoms with Crippen LogP contribution in [-0.2, 0) is 19.5 Å². The Balaban J connectivity index is 1.30. The van der Waals surface area contributed by atoms with Crippen LogP contribution < -0.4 is 10.3 Å². The first-order valence-corrected chi connectivity index (χ1v) is 11.2. The number of rotatable bonds is 5. The van der Waals surface area contributed by atoms with Crippen LogP contribution in [-0.4, -0.2) is 33.5 Å². The van der Waals surface area contributed by atoms with E-state index in [4.69, 9.17) is 21.3 Å². The normalized spacial score (nSPS) is 13.5. The molecule has 2 aromatic carbocycles. The first kappa shape index (κ1) is 21.4. The van der Waals surface area contributed by atoms with Crippen molar-refractivity contribution in [3.63, 3.8) is 0 Å². The minimum Gasteiger partial charge on any atom is -0.497 e. The molecule has 33 heavy (non-hydrogen) atoms. The molecule has 1 aliphatic heterocycles. The second kappa shape index (κ2) is 9.17. The van der Waals surface area contributed by atoms with Gasteiger partial charge in [0.05, 0.1) is 24.1 Å². The van der Waals surface area contributed by atoms with Crippen molar-refractivity contribution in [1.29, 1.82) is 0 Å². The Bertz CT molecular complexity index is 1330. The molecule has 166 valence electrons. The van der Waals surface area contributed by atoms with Crippen LogP contribution in [0.3, 0.4) is 0 Å². The molecule has 0 aliphatic carbocycles. The number of nitrogens with zero attached hydrogens (tertiary/aromatic N) is 3. The molecule has 0 bridgehead atoms. The minimum atomic E-state index is -0.0823. The number of methoxy groups -OCH3 is 1. The molecule has 6 nitrogen and oxygen atoms in total. The van der Waals surface area contributed by atoms with E-state index in [9.17, 15) is 4.79 Å². The van der Waals surface area contributed by atoms with Crippen molar-refractivity contribution in [2.75, 3.05) is 13.7 Å². The van der Waals surface area contributed by atoms with Crippen LogP contribution in [0.4, 0.5) is 0 Å².